The quantitative estimate of drug-likeness (QED) is 0.572. The third kappa shape index (κ3) is 4.50. The standard InChI is InChI=1S/C13H20ClNO2S/c1-15(11-7-3-6-10-14)12-8-4-5-9-13(12)18(2,16)17/h4-5,8-9H,3,6-7,10-11H2,1-2H3. The maximum absolute atomic E-state index is 11.7. The molecule has 0 aliphatic rings. The number of sulfone groups is 1. The Hall–Kier alpha value is -0.740. The minimum absolute atomic E-state index is 0.393. The lowest BCUT2D eigenvalue weighted by Crippen LogP contribution is -2.20. The van der Waals surface area contributed by atoms with Gasteiger partial charge in [0.05, 0.1) is 10.6 Å². The second kappa shape index (κ2) is 7.00. The first-order valence-electron chi connectivity index (χ1n) is 6.03. The SMILES string of the molecule is CN(CCCCCCl)c1ccccc1S(C)(=O)=O. The van der Waals surface area contributed by atoms with Crippen LogP contribution in [0.5, 0.6) is 0 Å². The Morgan fingerprint density at radius 1 is 1.17 bits per heavy atom. The van der Waals surface area contributed by atoms with Crippen molar-refractivity contribution in [2.24, 2.45) is 0 Å². The van der Waals surface area contributed by atoms with E-state index in [1.165, 1.54) is 6.26 Å². The van der Waals surface area contributed by atoms with Crippen LogP contribution in [0.25, 0.3) is 0 Å². The average Bonchev–Trinajstić information content (AvgIpc) is 2.33. The second-order valence-corrected chi connectivity index (χ2v) is 6.77. The Labute approximate surface area is 115 Å². The van der Waals surface area contributed by atoms with Crippen molar-refractivity contribution >= 4 is 27.1 Å². The van der Waals surface area contributed by atoms with Crippen molar-refractivity contribution in [3.63, 3.8) is 0 Å². The molecule has 0 spiro atoms. The Bertz CT molecular complexity index is 474. The molecule has 0 aliphatic carbocycles. The molecule has 0 amide bonds. The van der Waals surface area contributed by atoms with E-state index in [-0.39, 0.29) is 0 Å². The van der Waals surface area contributed by atoms with Gasteiger partial charge in [-0.3, -0.25) is 0 Å². The predicted molar refractivity (Wildman–Crippen MR) is 77.4 cm³/mol. The number of halogens is 1. The number of alkyl halides is 1. The summed E-state index contributed by atoms with van der Waals surface area (Å²) in [5.74, 6) is 0.684. The van der Waals surface area contributed by atoms with E-state index >= 15 is 0 Å². The fraction of sp³-hybridized carbons (Fsp3) is 0.538. The van der Waals surface area contributed by atoms with Crippen molar-refractivity contribution < 1.29 is 8.42 Å². The lowest BCUT2D eigenvalue weighted by atomic mass is 10.2. The van der Waals surface area contributed by atoms with Crippen LogP contribution in [0.2, 0.25) is 0 Å². The van der Waals surface area contributed by atoms with Crippen LogP contribution in [0, 0.1) is 0 Å². The maximum Gasteiger partial charge on any atom is 0.177 e. The Kier molecular flexibility index (Phi) is 5.96. The largest absolute Gasteiger partial charge is 0.374 e. The zero-order valence-electron chi connectivity index (χ0n) is 10.9. The van der Waals surface area contributed by atoms with Gasteiger partial charge in [0.25, 0.3) is 0 Å². The van der Waals surface area contributed by atoms with Crippen molar-refractivity contribution in [3.8, 4) is 0 Å². The molecule has 0 heterocycles. The molecule has 0 saturated carbocycles. The Balaban J connectivity index is 2.77. The van der Waals surface area contributed by atoms with E-state index in [0.29, 0.717) is 10.8 Å². The first kappa shape index (κ1) is 15.3. The summed E-state index contributed by atoms with van der Waals surface area (Å²) >= 11 is 5.63. The van der Waals surface area contributed by atoms with Gasteiger partial charge in [0.2, 0.25) is 0 Å². The fourth-order valence-electron chi connectivity index (χ4n) is 1.83. The van der Waals surface area contributed by atoms with Crippen LogP contribution in [0.15, 0.2) is 29.2 Å². The molecule has 18 heavy (non-hydrogen) atoms. The minimum Gasteiger partial charge on any atom is -0.374 e. The minimum atomic E-state index is -3.18. The average molecular weight is 290 g/mol. The molecular weight excluding hydrogens is 270 g/mol. The third-order valence-corrected chi connectivity index (χ3v) is 4.21. The van der Waals surface area contributed by atoms with Crippen molar-refractivity contribution in [1.82, 2.24) is 0 Å². The third-order valence-electron chi connectivity index (χ3n) is 2.80. The smallest absolute Gasteiger partial charge is 0.177 e. The highest BCUT2D eigenvalue weighted by Crippen LogP contribution is 2.24. The van der Waals surface area contributed by atoms with Gasteiger partial charge in [0, 0.05) is 25.7 Å². The highest BCUT2D eigenvalue weighted by Gasteiger charge is 2.14. The number of benzene rings is 1. The molecule has 0 radical (unpaired) electrons. The van der Waals surface area contributed by atoms with Gasteiger partial charge < -0.3 is 4.90 Å². The van der Waals surface area contributed by atoms with Gasteiger partial charge in [-0.15, -0.1) is 11.6 Å². The van der Waals surface area contributed by atoms with Crippen LogP contribution < -0.4 is 4.90 Å². The molecule has 0 unspecified atom stereocenters. The van der Waals surface area contributed by atoms with Crippen LogP contribution in [0.1, 0.15) is 19.3 Å². The van der Waals surface area contributed by atoms with E-state index in [0.717, 1.165) is 31.5 Å². The summed E-state index contributed by atoms with van der Waals surface area (Å²) in [5.41, 5.74) is 0.769. The Morgan fingerprint density at radius 2 is 1.83 bits per heavy atom. The lowest BCUT2D eigenvalue weighted by molar-refractivity contribution is 0.601. The molecule has 0 saturated heterocycles. The molecule has 0 atom stereocenters. The number of anilines is 1. The Morgan fingerprint density at radius 3 is 2.44 bits per heavy atom. The highest BCUT2D eigenvalue weighted by atomic mass is 35.5. The highest BCUT2D eigenvalue weighted by molar-refractivity contribution is 7.90. The van der Waals surface area contributed by atoms with E-state index in [1.54, 1.807) is 12.1 Å². The van der Waals surface area contributed by atoms with Gasteiger partial charge in [-0.1, -0.05) is 18.6 Å². The van der Waals surface area contributed by atoms with Crippen molar-refractivity contribution in [1.29, 1.82) is 0 Å². The molecule has 0 aliphatic heterocycles. The van der Waals surface area contributed by atoms with Gasteiger partial charge >= 0.3 is 0 Å². The summed E-state index contributed by atoms with van der Waals surface area (Å²) in [6.07, 6.45) is 4.33. The van der Waals surface area contributed by atoms with Gasteiger partial charge in [-0.05, 0) is 25.0 Å². The van der Waals surface area contributed by atoms with Crippen LogP contribution in [-0.4, -0.2) is 34.1 Å². The molecule has 1 aromatic carbocycles. The molecule has 0 N–H and O–H groups in total. The number of hydrogen-bond donors (Lipinski definition) is 0. The van der Waals surface area contributed by atoms with Crippen LogP contribution in [-0.2, 0) is 9.84 Å². The zero-order chi connectivity index (χ0) is 13.6. The van der Waals surface area contributed by atoms with Gasteiger partial charge in [0.15, 0.2) is 9.84 Å². The van der Waals surface area contributed by atoms with E-state index in [4.69, 9.17) is 11.6 Å². The predicted octanol–water partition coefficient (Wildman–Crippen LogP) is 2.94. The maximum atomic E-state index is 11.7. The molecule has 0 aromatic heterocycles. The molecular formula is C13H20ClNO2S. The number of para-hydroxylation sites is 1. The van der Waals surface area contributed by atoms with Crippen molar-refractivity contribution in [3.05, 3.63) is 24.3 Å². The number of hydrogen-bond acceptors (Lipinski definition) is 3. The zero-order valence-corrected chi connectivity index (χ0v) is 12.5. The molecule has 102 valence electrons. The molecule has 0 fully saturated rings. The molecule has 3 nitrogen and oxygen atoms in total. The first-order chi connectivity index (χ1) is 8.46. The van der Waals surface area contributed by atoms with E-state index in [1.807, 2.05) is 24.1 Å². The van der Waals surface area contributed by atoms with Gasteiger partial charge in [-0.25, -0.2) is 8.42 Å². The summed E-state index contributed by atoms with van der Waals surface area (Å²) < 4.78 is 23.4. The second-order valence-electron chi connectivity index (χ2n) is 4.41. The topological polar surface area (TPSA) is 37.4 Å². The number of nitrogens with zero attached hydrogens (tertiary/aromatic N) is 1. The van der Waals surface area contributed by atoms with Crippen LogP contribution in [0.4, 0.5) is 5.69 Å². The van der Waals surface area contributed by atoms with Gasteiger partial charge in [-0.2, -0.15) is 0 Å². The normalized spacial score (nSPS) is 11.5. The van der Waals surface area contributed by atoms with Crippen LogP contribution >= 0.6 is 11.6 Å². The van der Waals surface area contributed by atoms with E-state index < -0.39 is 9.84 Å². The first-order valence-corrected chi connectivity index (χ1v) is 8.45. The van der Waals surface area contributed by atoms with E-state index in [9.17, 15) is 8.42 Å². The summed E-state index contributed by atoms with van der Waals surface area (Å²) in [7, 11) is -1.26. The lowest BCUT2D eigenvalue weighted by Gasteiger charge is -2.21. The van der Waals surface area contributed by atoms with Gasteiger partial charge in [0.1, 0.15) is 0 Å². The summed E-state index contributed by atoms with van der Waals surface area (Å²) in [5, 5.41) is 0. The number of rotatable bonds is 7. The molecule has 0 bridgehead atoms. The summed E-state index contributed by atoms with van der Waals surface area (Å²) in [4.78, 5) is 2.38. The van der Waals surface area contributed by atoms with E-state index in [2.05, 4.69) is 0 Å². The van der Waals surface area contributed by atoms with Crippen LogP contribution in [0.3, 0.4) is 0 Å². The molecule has 5 heteroatoms. The summed E-state index contributed by atoms with van der Waals surface area (Å²) in [6.45, 7) is 0.837. The monoisotopic (exact) mass is 289 g/mol. The molecule has 1 rings (SSSR count). The fourth-order valence-corrected chi connectivity index (χ4v) is 2.95. The molecule has 1 aromatic rings. The number of unbranched alkanes of at least 4 members (excludes halogenated alkanes) is 2. The van der Waals surface area contributed by atoms with Crippen molar-refractivity contribution in [2.75, 3.05) is 30.6 Å². The van der Waals surface area contributed by atoms with Crippen molar-refractivity contribution in [2.45, 2.75) is 24.2 Å². The summed E-state index contributed by atoms with van der Waals surface area (Å²) in [6, 6.07) is 7.11.